The second-order valence-electron chi connectivity index (χ2n) is 3.50. The van der Waals surface area contributed by atoms with E-state index < -0.39 is 26.7 Å². The minimum atomic E-state index is -5.75. The molecule has 16 nitrogen and oxygen atoms in total. The molecule has 0 atom stereocenters. The summed E-state index contributed by atoms with van der Waals surface area (Å²) in [5.41, 5.74) is 13.5. The van der Waals surface area contributed by atoms with E-state index in [1.54, 1.807) is 0 Å². The minimum absolute atomic E-state index is 0. The number of nitrogens with one attached hydrogen (secondary N) is 2. The molecule has 3 fully saturated rings. The Morgan fingerprint density at radius 3 is 0.920 bits per heavy atom. The molecule has 3 rings (SSSR count). The molecular weight excluding hydrogens is 546 g/mol. The fourth-order valence-corrected chi connectivity index (χ4v) is 1.52. The van der Waals surface area contributed by atoms with Crippen molar-refractivity contribution in [2.45, 2.75) is 0 Å². The first-order valence-corrected chi connectivity index (χ1v) is 10.3. The van der Waals surface area contributed by atoms with Crippen LogP contribution in [0.3, 0.4) is 0 Å². The van der Waals surface area contributed by atoms with Crippen molar-refractivity contribution in [2.75, 3.05) is 39.3 Å². The monoisotopic (exact) mass is 591 g/mol. The number of hydrogen-bond donors (Lipinski definition) is 2. The van der Waals surface area contributed by atoms with Gasteiger partial charge in [-0.3, -0.25) is 0 Å². The molecule has 0 unspecified atom stereocenters. The van der Waals surface area contributed by atoms with Gasteiger partial charge in [-0.05, 0) is 0 Å². The second kappa shape index (κ2) is 22.3. The topological polar surface area (TPSA) is 364 Å². The quantitative estimate of drug-likeness (QED) is 0.201. The van der Waals surface area contributed by atoms with Crippen LogP contribution in [0.25, 0.3) is 0 Å². The Morgan fingerprint density at radius 1 is 0.760 bits per heavy atom. The van der Waals surface area contributed by atoms with Crippen molar-refractivity contribution in [1.29, 1.82) is 17.2 Å². The van der Waals surface area contributed by atoms with Crippen molar-refractivity contribution in [1.82, 2.24) is 0 Å². The zero-order valence-electron chi connectivity index (χ0n) is 26.1. The van der Waals surface area contributed by atoms with E-state index in [-0.39, 0.29) is 17.1 Å². The molecule has 3 heterocycles. The molecule has 19 heteroatoms. The molecule has 0 saturated carbocycles. The van der Waals surface area contributed by atoms with E-state index in [9.17, 15) is 0 Å². The van der Waals surface area contributed by atoms with E-state index in [2.05, 4.69) is 11.0 Å². The average Bonchev–Trinajstić information content (AvgIpc) is 2.71. The summed E-state index contributed by atoms with van der Waals surface area (Å²) in [5, 5.41) is 0. The van der Waals surface area contributed by atoms with E-state index in [0.29, 0.717) is 9.79 Å². The van der Waals surface area contributed by atoms with Crippen LogP contribution in [-0.4, -0.2) is 94.1 Å². The summed E-state index contributed by atoms with van der Waals surface area (Å²) in [6.45, 7) is 5.35. The van der Waals surface area contributed by atoms with Crippen LogP contribution in [0.2, 0.25) is 2.82 Å². The van der Waals surface area contributed by atoms with Gasteiger partial charge in [-0.2, -0.15) is 0 Å². The third kappa shape index (κ3) is 51.6. The Labute approximate surface area is 178 Å². The van der Waals surface area contributed by atoms with Crippen LogP contribution in [0.1, 0.15) is 0 Å². The van der Waals surface area contributed by atoms with Crippen LogP contribution in [0.5, 0.6) is 0 Å². The molecule has 2 bridgehead atoms. The molecule has 3 aliphatic rings. The molecule has 3 saturated heterocycles. The van der Waals surface area contributed by atoms with E-state index in [1.165, 1.54) is 0 Å². The maximum Gasteiger partial charge on any atom is 2.00 e. The third-order valence-electron chi connectivity index (χ3n) is 2.20. The largest absolute Gasteiger partial charge is 2.00 e. The van der Waals surface area contributed by atoms with Crippen molar-refractivity contribution in [2.24, 2.45) is 0 Å². The average molecular weight is 590 g/mol. The third-order valence-corrected chi connectivity index (χ3v) is 2.20. The summed E-state index contributed by atoms with van der Waals surface area (Å²) in [7, 11) is 0. The molecule has 0 spiro atoms. The molecule has 0 aromatic carbocycles. The smallest absolute Gasteiger partial charge is 0.457 e. The van der Waals surface area contributed by atoms with Gasteiger partial charge in [-0.1, -0.05) is 0 Å². The van der Waals surface area contributed by atoms with Gasteiger partial charge in [0.25, 0.3) is 0 Å². The van der Waals surface area contributed by atoms with Crippen molar-refractivity contribution in [3.05, 3.63) is 0 Å². The maximum absolute atomic E-state index is 8.59. The first-order chi connectivity index (χ1) is 17.1. The van der Waals surface area contributed by atoms with E-state index >= 15 is 0 Å². The van der Waals surface area contributed by atoms with Crippen LogP contribution in [-0.2, 0) is 54.3 Å². The zero-order chi connectivity index (χ0) is 32.5. The molecule has 0 aromatic heterocycles. The van der Waals surface area contributed by atoms with Gasteiger partial charge in [0.05, 0.1) is 0 Å². The first-order valence-electron chi connectivity index (χ1n) is 10.8. The van der Waals surface area contributed by atoms with Crippen molar-refractivity contribution in [3.8, 4) is 0 Å². The van der Waals surface area contributed by atoms with Crippen molar-refractivity contribution in [3.63, 3.8) is 0 Å². The normalized spacial score (nSPS) is 30.9. The number of hydrogen-bond acceptors (Lipinski definition) is 8. The van der Waals surface area contributed by atoms with Crippen LogP contribution in [0.4, 0.5) is 0 Å². The Balaban J connectivity index is -0.0000000490. The Morgan fingerprint density at radius 2 is 0.840 bits per heavy atom. The Bertz CT molecular complexity index is 542. The van der Waals surface area contributed by atoms with E-state index in [4.69, 9.17) is 52.1 Å². The van der Waals surface area contributed by atoms with Gasteiger partial charge in [-0.25, -0.2) is 0 Å². The first kappa shape index (κ1) is 15.2. The van der Waals surface area contributed by atoms with Gasteiger partial charge in [-0.15, -0.1) is 0 Å². The number of fused-ring (bicyclic) bond motifs is 3. The Hall–Kier alpha value is 0.278. The predicted molar refractivity (Wildman–Crippen MR) is 72.1 cm³/mol. The zero-order valence-corrected chi connectivity index (χ0v) is 16.5. The standard InChI is InChI=1S/C6H12N2.Cu.2H2O4Se.6H2O/c1-2-8-5-3-7(1)4-6-8;;2*1-5(2,3)4;;;;;;/h1-6H2;;2*(H2,1,2,3,4);6*1H2/q;+2;;;;;;;;/p+2/i/hD14. The molecule has 3 aliphatic heterocycles. The summed E-state index contributed by atoms with van der Waals surface area (Å²) in [6.07, 6.45) is 0. The molecule has 0 aliphatic carbocycles. The Kier molecular flexibility index (Phi) is 13.6. The van der Waals surface area contributed by atoms with Crippen molar-refractivity contribution < 1.29 is 94.7 Å². The maximum atomic E-state index is 8.59. The second-order valence-corrected chi connectivity index (χ2v) is 6.93. The van der Waals surface area contributed by atoms with Crippen LogP contribution >= 0.6 is 0 Å². The molecule has 18 N–H and O–H groups in total. The minimum Gasteiger partial charge on any atom is -0.457 e. The van der Waals surface area contributed by atoms with Gasteiger partial charge < -0.3 is 42.7 Å². The predicted octanol–water partition coefficient (Wildman–Crippen LogP) is -14.5. The number of rotatable bonds is 0. The van der Waals surface area contributed by atoms with Crippen LogP contribution in [0, 0.1) is 0 Å². The summed E-state index contributed by atoms with van der Waals surface area (Å²) in [4.78, 5) is 0.970. The summed E-state index contributed by atoms with van der Waals surface area (Å²) in [5.74, 6) is 0. The molecule has 25 heavy (non-hydrogen) atoms. The van der Waals surface area contributed by atoms with Gasteiger partial charge in [0.1, 0.15) is 39.3 Å². The molecule has 167 valence electrons. The number of quaternary nitrogens is 2. The van der Waals surface area contributed by atoms with Gasteiger partial charge in [0.2, 0.25) is 5.72 Å². The summed E-state index contributed by atoms with van der Waals surface area (Å²) < 4.78 is 150. The molecular formula is C6H30CuN2O14Se2+4. The van der Waals surface area contributed by atoms with Crippen LogP contribution < -0.4 is 26.5 Å². The molecule has 1 radical (unpaired) electrons. The van der Waals surface area contributed by atoms with E-state index in [0.717, 1.165) is 39.3 Å². The SMILES string of the molecule is O=[Se](=O)([O-])[O-].O=[Se](=O)([O-])[O-].[2H]O[2H].[2H]O[2H].[2H][N+]12CC[N+]([2H])(CC1)CC2.[2H][OH+][2H].[2H][OH+][2H].[2H][OH+][2H].[2H][OH+][2H].[Cu+2]. The molecule has 0 amide bonds. The van der Waals surface area contributed by atoms with Crippen molar-refractivity contribution >= 4 is 26.7 Å². The van der Waals surface area contributed by atoms with Crippen LogP contribution in [0.15, 0.2) is 0 Å². The number of piperazine rings is 3. The molecule has 0 aromatic rings. The van der Waals surface area contributed by atoms with Gasteiger partial charge >= 0.3 is 90.2 Å². The van der Waals surface area contributed by atoms with E-state index in [1.807, 2.05) is 21.9 Å². The summed E-state index contributed by atoms with van der Waals surface area (Å²) in [6, 6.07) is 0. The fraction of sp³-hybridized carbons (Fsp3) is 1.00. The fourth-order valence-electron chi connectivity index (χ4n) is 1.52. The summed E-state index contributed by atoms with van der Waals surface area (Å²) >= 11 is -11.5. The van der Waals surface area contributed by atoms with Gasteiger partial charge in [0, 0.05) is 0 Å². The van der Waals surface area contributed by atoms with Gasteiger partial charge in [0.15, 0.2) is 0 Å².